The molecule has 88 valence electrons. The Labute approximate surface area is 98.6 Å². The number of aromatic amines is 1. The lowest BCUT2D eigenvalue weighted by Crippen LogP contribution is -2.11. The van der Waals surface area contributed by atoms with Gasteiger partial charge in [-0.15, -0.1) is 0 Å². The topological polar surface area (TPSA) is 54.5 Å². The molecule has 0 bridgehead atoms. The SMILES string of the molecule is FC(F)(F)c1nc(=S)cc(-c2cncnc2)[nH]1. The molecule has 0 radical (unpaired) electrons. The second-order valence-corrected chi connectivity index (χ2v) is 3.52. The Hall–Kier alpha value is -1.83. The van der Waals surface area contributed by atoms with Gasteiger partial charge >= 0.3 is 6.18 Å². The Kier molecular flexibility index (Phi) is 2.88. The average molecular weight is 258 g/mol. The Morgan fingerprint density at radius 2 is 1.82 bits per heavy atom. The van der Waals surface area contributed by atoms with E-state index in [1.165, 1.54) is 24.8 Å². The fraction of sp³-hybridized carbons (Fsp3) is 0.111. The summed E-state index contributed by atoms with van der Waals surface area (Å²) in [6, 6.07) is 1.32. The lowest BCUT2D eigenvalue weighted by molar-refractivity contribution is -0.144. The molecule has 0 amide bonds. The quantitative estimate of drug-likeness (QED) is 0.799. The molecule has 4 nitrogen and oxygen atoms in total. The molecule has 2 aromatic heterocycles. The van der Waals surface area contributed by atoms with Crippen molar-refractivity contribution in [3.8, 4) is 11.3 Å². The highest BCUT2D eigenvalue weighted by Crippen LogP contribution is 2.27. The van der Waals surface area contributed by atoms with Crippen LogP contribution in [0.15, 0.2) is 24.8 Å². The van der Waals surface area contributed by atoms with Crippen molar-refractivity contribution in [2.45, 2.75) is 6.18 Å². The van der Waals surface area contributed by atoms with E-state index in [0.29, 0.717) is 5.56 Å². The van der Waals surface area contributed by atoms with E-state index in [9.17, 15) is 13.2 Å². The third kappa shape index (κ3) is 2.64. The van der Waals surface area contributed by atoms with Gasteiger partial charge in [-0.3, -0.25) is 0 Å². The Bertz CT molecular complexity index is 579. The summed E-state index contributed by atoms with van der Waals surface area (Å²) in [5.41, 5.74) is 0.587. The smallest absolute Gasteiger partial charge is 0.335 e. The summed E-state index contributed by atoms with van der Waals surface area (Å²) < 4.78 is 37.3. The van der Waals surface area contributed by atoms with Crippen molar-refractivity contribution < 1.29 is 13.2 Å². The van der Waals surface area contributed by atoms with Gasteiger partial charge in [-0.05, 0) is 6.07 Å². The first kappa shape index (κ1) is 11.6. The fourth-order valence-electron chi connectivity index (χ4n) is 1.19. The lowest BCUT2D eigenvalue weighted by Gasteiger charge is -2.07. The summed E-state index contributed by atoms with van der Waals surface area (Å²) in [7, 11) is 0. The maximum Gasteiger partial charge on any atom is 0.449 e. The third-order valence-electron chi connectivity index (χ3n) is 1.88. The number of hydrogen-bond acceptors (Lipinski definition) is 4. The van der Waals surface area contributed by atoms with Gasteiger partial charge in [-0.1, -0.05) is 12.2 Å². The van der Waals surface area contributed by atoms with E-state index in [2.05, 4.69) is 32.2 Å². The first-order chi connectivity index (χ1) is 7.97. The zero-order valence-corrected chi connectivity index (χ0v) is 9.01. The molecule has 2 heterocycles. The van der Waals surface area contributed by atoms with E-state index in [1.807, 2.05) is 0 Å². The zero-order valence-electron chi connectivity index (χ0n) is 8.19. The number of alkyl halides is 3. The van der Waals surface area contributed by atoms with Crippen molar-refractivity contribution in [2.24, 2.45) is 0 Å². The number of nitrogens with one attached hydrogen (secondary N) is 1. The molecule has 2 aromatic rings. The number of aromatic nitrogens is 4. The predicted octanol–water partition coefficient (Wildman–Crippen LogP) is 2.61. The summed E-state index contributed by atoms with van der Waals surface area (Å²) >= 11 is 4.68. The van der Waals surface area contributed by atoms with Gasteiger partial charge in [0, 0.05) is 18.0 Å². The van der Waals surface area contributed by atoms with E-state index in [0.717, 1.165) is 0 Å². The third-order valence-corrected chi connectivity index (χ3v) is 2.09. The first-order valence-electron chi connectivity index (χ1n) is 4.41. The molecule has 0 atom stereocenters. The minimum Gasteiger partial charge on any atom is -0.335 e. The predicted molar refractivity (Wildman–Crippen MR) is 55.4 cm³/mol. The molecular weight excluding hydrogens is 253 g/mol. The summed E-state index contributed by atoms with van der Waals surface area (Å²) in [6.07, 6.45) is -0.523. The molecule has 0 spiro atoms. The molecule has 0 aliphatic heterocycles. The van der Waals surface area contributed by atoms with Crippen molar-refractivity contribution in [1.82, 2.24) is 19.9 Å². The molecule has 0 aliphatic rings. The van der Waals surface area contributed by atoms with E-state index in [1.54, 1.807) is 0 Å². The van der Waals surface area contributed by atoms with Crippen molar-refractivity contribution in [3.05, 3.63) is 35.3 Å². The van der Waals surface area contributed by atoms with Gasteiger partial charge in [-0.25, -0.2) is 15.0 Å². The highest BCUT2D eigenvalue weighted by molar-refractivity contribution is 7.71. The zero-order chi connectivity index (χ0) is 12.5. The Balaban J connectivity index is 2.58. The van der Waals surface area contributed by atoms with Crippen LogP contribution < -0.4 is 0 Å². The van der Waals surface area contributed by atoms with Crippen molar-refractivity contribution in [2.75, 3.05) is 0 Å². The minimum absolute atomic E-state index is 0.144. The van der Waals surface area contributed by atoms with Crippen LogP contribution >= 0.6 is 12.2 Å². The van der Waals surface area contributed by atoms with Crippen LogP contribution in [-0.4, -0.2) is 19.9 Å². The Morgan fingerprint density at radius 1 is 1.18 bits per heavy atom. The maximum atomic E-state index is 12.5. The highest BCUT2D eigenvalue weighted by Gasteiger charge is 2.34. The normalized spacial score (nSPS) is 11.5. The largest absolute Gasteiger partial charge is 0.449 e. The van der Waals surface area contributed by atoms with E-state index >= 15 is 0 Å². The molecule has 0 unspecified atom stereocenters. The van der Waals surface area contributed by atoms with Crippen LogP contribution in [0, 0.1) is 4.64 Å². The summed E-state index contributed by atoms with van der Waals surface area (Å²) in [6.45, 7) is 0. The molecule has 8 heteroatoms. The van der Waals surface area contributed by atoms with Gasteiger partial charge in [0.1, 0.15) is 11.0 Å². The minimum atomic E-state index is -4.57. The summed E-state index contributed by atoms with van der Waals surface area (Å²) in [4.78, 5) is 12.8. The molecule has 0 fully saturated rings. The molecule has 2 rings (SSSR count). The van der Waals surface area contributed by atoms with Gasteiger partial charge in [0.15, 0.2) is 0 Å². The molecule has 0 aromatic carbocycles. The second-order valence-electron chi connectivity index (χ2n) is 3.11. The molecule has 0 aliphatic carbocycles. The number of halogens is 3. The van der Waals surface area contributed by atoms with Gasteiger partial charge in [-0.2, -0.15) is 13.2 Å². The van der Waals surface area contributed by atoms with Crippen LogP contribution in [0.3, 0.4) is 0 Å². The van der Waals surface area contributed by atoms with Crippen molar-refractivity contribution in [3.63, 3.8) is 0 Å². The highest BCUT2D eigenvalue weighted by atomic mass is 32.1. The van der Waals surface area contributed by atoms with Crippen LogP contribution in [0.25, 0.3) is 11.3 Å². The number of hydrogen-bond donors (Lipinski definition) is 1. The van der Waals surface area contributed by atoms with E-state index < -0.39 is 12.0 Å². The number of nitrogens with zero attached hydrogens (tertiary/aromatic N) is 3. The molecule has 0 saturated heterocycles. The van der Waals surface area contributed by atoms with E-state index in [-0.39, 0.29) is 10.3 Å². The molecule has 1 N–H and O–H groups in total. The van der Waals surface area contributed by atoms with Crippen LogP contribution in [0.5, 0.6) is 0 Å². The van der Waals surface area contributed by atoms with Gasteiger partial charge in [0.25, 0.3) is 0 Å². The molecule has 0 saturated carbocycles. The van der Waals surface area contributed by atoms with Crippen molar-refractivity contribution in [1.29, 1.82) is 0 Å². The van der Waals surface area contributed by atoms with Gasteiger partial charge in [0.2, 0.25) is 5.82 Å². The second kappa shape index (κ2) is 4.21. The average Bonchev–Trinajstić information content (AvgIpc) is 2.28. The first-order valence-corrected chi connectivity index (χ1v) is 4.81. The number of rotatable bonds is 1. The van der Waals surface area contributed by atoms with Crippen LogP contribution in [0.2, 0.25) is 0 Å². The maximum absolute atomic E-state index is 12.5. The molecule has 17 heavy (non-hydrogen) atoms. The number of H-pyrrole nitrogens is 1. The van der Waals surface area contributed by atoms with E-state index in [4.69, 9.17) is 0 Å². The fourth-order valence-corrected chi connectivity index (χ4v) is 1.39. The monoisotopic (exact) mass is 258 g/mol. The summed E-state index contributed by atoms with van der Waals surface area (Å²) in [5, 5.41) is 0. The van der Waals surface area contributed by atoms with Crippen LogP contribution in [0.1, 0.15) is 5.82 Å². The molecular formula is C9H5F3N4S. The van der Waals surface area contributed by atoms with Gasteiger partial charge in [0.05, 0.1) is 5.69 Å². The van der Waals surface area contributed by atoms with Gasteiger partial charge < -0.3 is 4.98 Å². The van der Waals surface area contributed by atoms with Crippen LogP contribution in [0.4, 0.5) is 13.2 Å². The van der Waals surface area contributed by atoms with Crippen molar-refractivity contribution >= 4 is 12.2 Å². The lowest BCUT2D eigenvalue weighted by atomic mass is 10.2. The Morgan fingerprint density at radius 3 is 2.41 bits per heavy atom. The standard InChI is InChI=1S/C9H5F3N4S/c10-9(11,12)8-15-6(1-7(17)16-8)5-2-13-4-14-3-5/h1-4H,(H,15,16,17). The summed E-state index contributed by atoms with van der Waals surface area (Å²) in [5.74, 6) is -1.14. The van der Waals surface area contributed by atoms with Crippen LogP contribution in [-0.2, 0) is 6.18 Å².